The van der Waals surface area contributed by atoms with E-state index in [2.05, 4.69) is 24.3 Å². The van der Waals surface area contributed by atoms with Gasteiger partial charge in [0.15, 0.2) is 0 Å². The second kappa shape index (κ2) is 2.39. The predicted octanol–water partition coefficient (Wildman–Crippen LogP) is 4.08. The first kappa shape index (κ1) is 8.33. The van der Waals surface area contributed by atoms with Gasteiger partial charge >= 0.3 is 0 Å². The molecule has 5 unspecified atom stereocenters. The van der Waals surface area contributed by atoms with Crippen molar-refractivity contribution < 1.29 is 0 Å². The summed E-state index contributed by atoms with van der Waals surface area (Å²) in [5, 5.41) is 0. The van der Waals surface area contributed by atoms with Gasteiger partial charge in [0.25, 0.3) is 0 Å². The van der Waals surface area contributed by atoms with E-state index in [9.17, 15) is 0 Å². The first-order valence-corrected chi connectivity index (χ1v) is 6.99. The third-order valence-electron chi connectivity index (χ3n) is 6.26. The van der Waals surface area contributed by atoms with Crippen LogP contribution < -0.4 is 0 Å². The van der Waals surface area contributed by atoms with Crippen molar-refractivity contribution in [2.24, 2.45) is 17.3 Å². The van der Waals surface area contributed by atoms with Crippen molar-refractivity contribution in [3.05, 3.63) is 35.4 Å². The van der Waals surface area contributed by atoms with Crippen LogP contribution in [0, 0.1) is 17.3 Å². The SMILES string of the molecule is c1ccc2c(c1)C1C3CCCC4(CC4C3)C21. The van der Waals surface area contributed by atoms with Crippen molar-refractivity contribution in [3.63, 3.8) is 0 Å². The van der Waals surface area contributed by atoms with Crippen molar-refractivity contribution in [3.8, 4) is 0 Å². The molecule has 16 heavy (non-hydrogen) atoms. The highest BCUT2D eigenvalue weighted by Gasteiger charge is 2.69. The van der Waals surface area contributed by atoms with Gasteiger partial charge in [0.1, 0.15) is 0 Å². The van der Waals surface area contributed by atoms with Crippen molar-refractivity contribution in [1.29, 1.82) is 0 Å². The molecule has 4 fully saturated rings. The second-order valence-corrected chi connectivity index (χ2v) is 6.65. The highest BCUT2D eigenvalue weighted by molar-refractivity contribution is 5.50. The first-order chi connectivity index (χ1) is 7.90. The number of hydrogen-bond acceptors (Lipinski definition) is 0. The van der Waals surface area contributed by atoms with E-state index < -0.39 is 0 Å². The van der Waals surface area contributed by atoms with Gasteiger partial charge in [0.2, 0.25) is 0 Å². The van der Waals surface area contributed by atoms with Crippen LogP contribution in [0.25, 0.3) is 0 Å². The number of rotatable bonds is 0. The lowest BCUT2D eigenvalue weighted by Gasteiger charge is -2.50. The molecular weight excluding hydrogens is 192 g/mol. The van der Waals surface area contributed by atoms with Crippen LogP contribution in [0.15, 0.2) is 24.3 Å². The molecule has 0 amide bonds. The third-order valence-corrected chi connectivity index (χ3v) is 6.26. The minimum atomic E-state index is 0.798. The molecule has 5 aliphatic carbocycles. The van der Waals surface area contributed by atoms with Gasteiger partial charge < -0.3 is 0 Å². The Bertz CT molecular complexity index is 475. The molecule has 2 bridgehead atoms. The van der Waals surface area contributed by atoms with E-state index in [0.717, 1.165) is 29.1 Å². The van der Waals surface area contributed by atoms with E-state index in [-0.39, 0.29) is 0 Å². The van der Waals surface area contributed by atoms with Gasteiger partial charge in [-0.2, -0.15) is 0 Å². The number of benzene rings is 1. The molecule has 1 aromatic rings. The molecule has 0 nitrogen and oxygen atoms in total. The van der Waals surface area contributed by atoms with Gasteiger partial charge in [0, 0.05) is 0 Å². The van der Waals surface area contributed by atoms with Crippen LogP contribution in [-0.4, -0.2) is 0 Å². The molecule has 0 N–H and O–H groups in total. The normalized spacial score (nSPS) is 50.8. The maximum absolute atomic E-state index is 2.42. The summed E-state index contributed by atoms with van der Waals surface area (Å²) in [6.07, 6.45) is 7.72. The fourth-order valence-electron chi connectivity index (χ4n) is 5.63. The van der Waals surface area contributed by atoms with Crippen molar-refractivity contribution in [2.75, 3.05) is 0 Å². The summed E-state index contributed by atoms with van der Waals surface area (Å²) < 4.78 is 0. The maximum Gasteiger partial charge on any atom is -0.00281 e. The Morgan fingerprint density at radius 1 is 1.12 bits per heavy atom. The Balaban J connectivity index is 1.74. The van der Waals surface area contributed by atoms with Gasteiger partial charge in [-0.3, -0.25) is 0 Å². The maximum atomic E-state index is 2.42. The molecule has 0 heteroatoms. The molecule has 82 valence electrons. The standard InChI is InChI=1S/C16H18/c1-2-6-13-12(5-1)14-10-4-3-7-16(15(13)14)9-11(16)8-10/h1-2,5-6,10-11,14-15H,3-4,7-9H2. The average Bonchev–Trinajstić information content (AvgIpc) is 2.98. The lowest BCUT2D eigenvalue weighted by molar-refractivity contribution is 0.179. The van der Waals surface area contributed by atoms with Crippen molar-refractivity contribution >= 4 is 0 Å². The van der Waals surface area contributed by atoms with Crippen LogP contribution in [0.4, 0.5) is 0 Å². The Morgan fingerprint density at radius 2 is 2.00 bits per heavy atom. The van der Waals surface area contributed by atoms with E-state index >= 15 is 0 Å². The lowest BCUT2D eigenvalue weighted by atomic mass is 9.54. The number of hydrogen-bond donors (Lipinski definition) is 0. The Hall–Kier alpha value is -0.780. The topological polar surface area (TPSA) is 0 Å². The Labute approximate surface area is 97.1 Å². The molecule has 0 aliphatic heterocycles. The molecular formula is C16H18. The van der Waals surface area contributed by atoms with E-state index in [0.29, 0.717) is 0 Å². The summed E-state index contributed by atoms with van der Waals surface area (Å²) >= 11 is 0. The molecule has 1 spiro atoms. The fourth-order valence-corrected chi connectivity index (χ4v) is 5.63. The summed E-state index contributed by atoms with van der Waals surface area (Å²) in [5.74, 6) is 4.12. The van der Waals surface area contributed by atoms with E-state index in [1.54, 1.807) is 30.4 Å². The zero-order chi connectivity index (χ0) is 10.3. The zero-order valence-electron chi connectivity index (χ0n) is 9.65. The van der Waals surface area contributed by atoms with Crippen LogP contribution >= 0.6 is 0 Å². The van der Waals surface area contributed by atoms with E-state index in [1.165, 1.54) is 12.8 Å². The highest BCUT2D eigenvalue weighted by Crippen LogP contribution is 2.79. The van der Waals surface area contributed by atoms with Crippen molar-refractivity contribution in [1.82, 2.24) is 0 Å². The third kappa shape index (κ3) is 0.724. The molecule has 6 rings (SSSR count). The fraction of sp³-hybridized carbons (Fsp3) is 0.625. The largest absolute Gasteiger partial charge is 0.0620 e. The van der Waals surface area contributed by atoms with Crippen LogP contribution in [0.5, 0.6) is 0 Å². The first-order valence-electron chi connectivity index (χ1n) is 6.99. The number of fused-ring (bicyclic) bond motifs is 3. The average molecular weight is 210 g/mol. The van der Waals surface area contributed by atoms with Crippen molar-refractivity contribution in [2.45, 2.75) is 43.9 Å². The summed E-state index contributed by atoms with van der Waals surface area (Å²) in [7, 11) is 0. The zero-order valence-corrected chi connectivity index (χ0v) is 9.65. The Morgan fingerprint density at radius 3 is 2.94 bits per heavy atom. The monoisotopic (exact) mass is 210 g/mol. The van der Waals surface area contributed by atoms with Crippen LogP contribution in [0.3, 0.4) is 0 Å². The molecule has 4 saturated carbocycles. The smallest absolute Gasteiger partial charge is 0.00281 e. The summed E-state index contributed by atoms with van der Waals surface area (Å²) in [4.78, 5) is 0. The van der Waals surface area contributed by atoms with Gasteiger partial charge in [-0.15, -0.1) is 0 Å². The molecule has 0 radical (unpaired) electrons. The highest BCUT2D eigenvalue weighted by atomic mass is 14.7. The van der Waals surface area contributed by atoms with Gasteiger partial charge in [-0.25, -0.2) is 0 Å². The van der Waals surface area contributed by atoms with E-state index in [4.69, 9.17) is 0 Å². The molecule has 5 atom stereocenters. The summed E-state index contributed by atoms with van der Waals surface area (Å²) in [6, 6.07) is 9.32. The summed E-state index contributed by atoms with van der Waals surface area (Å²) in [5.41, 5.74) is 4.26. The second-order valence-electron chi connectivity index (χ2n) is 6.65. The van der Waals surface area contributed by atoms with Gasteiger partial charge in [-0.05, 0) is 65.9 Å². The van der Waals surface area contributed by atoms with Crippen LogP contribution in [0.2, 0.25) is 0 Å². The predicted molar refractivity (Wildman–Crippen MR) is 64.4 cm³/mol. The minimum Gasteiger partial charge on any atom is -0.0620 e. The molecule has 5 aliphatic rings. The Kier molecular flexibility index (Phi) is 1.25. The lowest BCUT2D eigenvalue weighted by Crippen LogP contribution is -2.38. The summed E-state index contributed by atoms with van der Waals surface area (Å²) in [6.45, 7) is 0. The molecule has 0 saturated heterocycles. The molecule has 1 aromatic carbocycles. The van der Waals surface area contributed by atoms with Crippen LogP contribution in [-0.2, 0) is 0 Å². The van der Waals surface area contributed by atoms with Gasteiger partial charge in [0.05, 0.1) is 0 Å². The van der Waals surface area contributed by atoms with Gasteiger partial charge in [-0.1, -0.05) is 30.7 Å². The van der Waals surface area contributed by atoms with E-state index in [1.807, 2.05) is 0 Å². The molecule has 0 aromatic heterocycles. The quantitative estimate of drug-likeness (QED) is 0.605. The molecule has 0 heterocycles. The minimum absolute atomic E-state index is 0.798. The van der Waals surface area contributed by atoms with Crippen LogP contribution in [0.1, 0.15) is 55.1 Å².